The molecule has 46 valence electrons. The molecule has 0 heterocycles. The molecule has 0 saturated carbocycles. The van der Waals surface area contributed by atoms with E-state index in [1.165, 1.54) is 0 Å². The highest BCUT2D eigenvalue weighted by molar-refractivity contribution is 5.70. The van der Waals surface area contributed by atoms with Gasteiger partial charge in [-0.15, -0.1) is 0 Å². The zero-order chi connectivity index (χ0) is 6.41. The van der Waals surface area contributed by atoms with Gasteiger partial charge in [-0.25, -0.2) is 4.99 Å². The fourth-order valence-electron chi connectivity index (χ4n) is 0.238. The minimum absolute atomic E-state index is 0.360. The van der Waals surface area contributed by atoms with Crippen LogP contribution in [0, 0.1) is 0 Å². The van der Waals surface area contributed by atoms with Crippen molar-refractivity contribution in [1.82, 2.24) is 0 Å². The molecule has 0 aromatic carbocycles. The number of aliphatic imine (C=N–C) groups is 2. The Morgan fingerprint density at radius 3 is 2.38 bits per heavy atom. The average Bonchev–Trinajstić information content (AvgIpc) is 1.66. The molecule has 0 saturated heterocycles. The number of hydrogen-bond donors (Lipinski definition) is 0. The molecular weight excluding hydrogens is 100 g/mol. The van der Waals surface area contributed by atoms with Gasteiger partial charge in [0, 0.05) is 12.3 Å². The summed E-state index contributed by atoms with van der Waals surface area (Å²) in [6.07, 6.45) is 3.29. The van der Waals surface area contributed by atoms with E-state index in [4.69, 9.17) is 0 Å². The lowest BCUT2D eigenvalue weighted by Gasteiger charge is -1.88. The van der Waals surface area contributed by atoms with Crippen LogP contribution in [0.3, 0.4) is 0 Å². The van der Waals surface area contributed by atoms with Crippen LogP contribution < -0.4 is 0 Å². The highest BCUT2D eigenvalue weighted by atomic mass is 14.9. The molecule has 8 heavy (non-hydrogen) atoms. The standard InChI is InChI=1S/C6H12N2/c1-4-7-5-8-6(2)3/h4-6H,1-3H3. The Hall–Kier alpha value is -0.660. The highest BCUT2D eigenvalue weighted by Crippen LogP contribution is 1.81. The third kappa shape index (κ3) is 5.34. The maximum atomic E-state index is 3.99. The Morgan fingerprint density at radius 1 is 1.38 bits per heavy atom. The van der Waals surface area contributed by atoms with E-state index in [9.17, 15) is 0 Å². The second-order valence-electron chi connectivity index (χ2n) is 1.77. The first-order chi connectivity index (χ1) is 3.77. The Morgan fingerprint density at radius 2 is 2.00 bits per heavy atom. The lowest BCUT2D eigenvalue weighted by atomic mass is 10.4. The summed E-state index contributed by atoms with van der Waals surface area (Å²) in [6.45, 7) is 5.90. The summed E-state index contributed by atoms with van der Waals surface area (Å²) in [6, 6.07) is 0.360. The van der Waals surface area contributed by atoms with Gasteiger partial charge in [-0.1, -0.05) is 0 Å². The monoisotopic (exact) mass is 112 g/mol. The van der Waals surface area contributed by atoms with Crippen molar-refractivity contribution in [3.05, 3.63) is 0 Å². The van der Waals surface area contributed by atoms with Crippen LogP contribution in [0.25, 0.3) is 0 Å². The van der Waals surface area contributed by atoms with E-state index in [0.29, 0.717) is 6.04 Å². The SMILES string of the molecule is CC=NC=NC(C)C. The summed E-state index contributed by atoms with van der Waals surface area (Å²) in [5, 5.41) is 0. The van der Waals surface area contributed by atoms with Crippen molar-refractivity contribution in [2.45, 2.75) is 26.8 Å². The Balaban J connectivity index is 3.34. The quantitative estimate of drug-likeness (QED) is 0.382. The van der Waals surface area contributed by atoms with Gasteiger partial charge < -0.3 is 0 Å². The molecule has 0 aliphatic carbocycles. The summed E-state index contributed by atoms with van der Waals surface area (Å²) in [5.74, 6) is 0. The van der Waals surface area contributed by atoms with E-state index >= 15 is 0 Å². The van der Waals surface area contributed by atoms with E-state index in [-0.39, 0.29) is 0 Å². The number of nitrogens with zero attached hydrogens (tertiary/aromatic N) is 2. The molecule has 0 rings (SSSR count). The van der Waals surface area contributed by atoms with Crippen LogP contribution >= 0.6 is 0 Å². The lowest BCUT2D eigenvalue weighted by Crippen LogP contribution is -1.86. The van der Waals surface area contributed by atoms with Crippen molar-refractivity contribution in [2.75, 3.05) is 0 Å². The van der Waals surface area contributed by atoms with E-state index in [1.807, 2.05) is 20.8 Å². The minimum atomic E-state index is 0.360. The second kappa shape index (κ2) is 4.50. The van der Waals surface area contributed by atoms with E-state index in [2.05, 4.69) is 9.98 Å². The van der Waals surface area contributed by atoms with Crippen molar-refractivity contribution in [3.63, 3.8) is 0 Å². The summed E-state index contributed by atoms with van der Waals surface area (Å²) in [7, 11) is 0. The topological polar surface area (TPSA) is 24.7 Å². The van der Waals surface area contributed by atoms with E-state index in [1.54, 1.807) is 12.6 Å². The van der Waals surface area contributed by atoms with Crippen molar-refractivity contribution < 1.29 is 0 Å². The molecule has 0 aliphatic rings. The Bertz CT molecular complexity index is 92.7. The zero-order valence-electron chi connectivity index (χ0n) is 5.63. The van der Waals surface area contributed by atoms with Crippen LogP contribution in [-0.2, 0) is 0 Å². The first-order valence-electron chi connectivity index (χ1n) is 2.76. The van der Waals surface area contributed by atoms with Crippen LogP contribution in [0.5, 0.6) is 0 Å². The largest absolute Gasteiger partial charge is 0.271 e. The fourth-order valence-corrected chi connectivity index (χ4v) is 0.238. The minimum Gasteiger partial charge on any atom is -0.271 e. The highest BCUT2D eigenvalue weighted by Gasteiger charge is 1.78. The van der Waals surface area contributed by atoms with Gasteiger partial charge in [0.05, 0.1) is 0 Å². The smallest absolute Gasteiger partial charge is 0.109 e. The van der Waals surface area contributed by atoms with Crippen molar-refractivity contribution >= 4 is 12.6 Å². The zero-order valence-corrected chi connectivity index (χ0v) is 5.63. The van der Waals surface area contributed by atoms with Crippen molar-refractivity contribution in [1.29, 1.82) is 0 Å². The van der Waals surface area contributed by atoms with Crippen LogP contribution in [0.1, 0.15) is 20.8 Å². The first kappa shape index (κ1) is 7.34. The van der Waals surface area contributed by atoms with E-state index < -0.39 is 0 Å². The molecule has 0 radical (unpaired) electrons. The molecule has 0 aromatic rings. The summed E-state index contributed by atoms with van der Waals surface area (Å²) in [4.78, 5) is 7.79. The van der Waals surface area contributed by atoms with Gasteiger partial charge in [0.1, 0.15) is 6.34 Å². The molecule has 0 aromatic heterocycles. The van der Waals surface area contributed by atoms with Crippen LogP contribution in [-0.4, -0.2) is 18.6 Å². The normalized spacial score (nSPS) is 12.5. The Kier molecular flexibility index (Phi) is 4.13. The van der Waals surface area contributed by atoms with Gasteiger partial charge in [0.2, 0.25) is 0 Å². The summed E-state index contributed by atoms with van der Waals surface area (Å²) < 4.78 is 0. The van der Waals surface area contributed by atoms with Gasteiger partial charge in [-0.2, -0.15) is 0 Å². The van der Waals surface area contributed by atoms with Gasteiger partial charge in [0.15, 0.2) is 0 Å². The molecule has 0 unspecified atom stereocenters. The molecule has 0 atom stereocenters. The summed E-state index contributed by atoms with van der Waals surface area (Å²) >= 11 is 0. The molecule has 0 N–H and O–H groups in total. The fraction of sp³-hybridized carbons (Fsp3) is 0.667. The van der Waals surface area contributed by atoms with Crippen molar-refractivity contribution in [2.24, 2.45) is 9.98 Å². The first-order valence-corrected chi connectivity index (χ1v) is 2.76. The predicted molar refractivity (Wildman–Crippen MR) is 37.8 cm³/mol. The molecular formula is C6H12N2. The maximum Gasteiger partial charge on any atom is 0.109 e. The molecule has 0 aliphatic heterocycles. The van der Waals surface area contributed by atoms with Gasteiger partial charge in [-0.3, -0.25) is 4.99 Å². The molecule has 0 amide bonds. The lowest BCUT2D eigenvalue weighted by molar-refractivity contribution is 0.839. The van der Waals surface area contributed by atoms with Crippen molar-refractivity contribution in [3.8, 4) is 0 Å². The van der Waals surface area contributed by atoms with Gasteiger partial charge in [0.25, 0.3) is 0 Å². The third-order valence-corrected chi connectivity index (χ3v) is 0.581. The maximum absolute atomic E-state index is 3.99. The number of rotatable bonds is 2. The molecule has 0 fully saturated rings. The molecule has 0 bridgehead atoms. The molecule has 0 spiro atoms. The third-order valence-electron chi connectivity index (χ3n) is 0.581. The predicted octanol–water partition coefficient (Wildman–Crippen LogP) is 1.51. The Labute approximate surface area is 50.4 Å². The van der Waals surface area contributed by atoms with Crippen LogP contribution in [0.2, 0.25) is 0 Å². The van der Waals surface area contributed by atoms with Gasteiger partial charge in [-0.05, 0) is 20.8 Å². The molecule has 2 heteroatoms. The molecule has 2 nitrogen and oxygen atoms in total. The number of hydrogen-bond acceptors (Lipinski definition) is 1. The van der Waals surface area contributed by atoms with E-state index in [0.717, 1.165) is 0 Å². The van der Waals surface area contributed by atoms with Gasteiger partial charge >= 0.3 is 0 Å². The van der Waals surface area contributed by atoms with Crippen LogP contribution in [0.4, 0.5) is 0 Å². The second-order valence-corrected chi connectivity index (χ2v) is 1.77. The summed E-state index contributed by atoms with van der Waals surface area (Å²) in [5.41, 5.74) is 0. The average molecular weight is 112 g/mol. The van der Waals surface area contributed by atoms with Crippen LogP contribution in [0.15, 0.2) is 9.98 Å².